The van der Waals surface area contributed by atoms with Gasteiger partial charge in [-0.05, 0) is 31.7 Å². The molecule has 1 heterocycles. The van der Waals surface area contributed by atoms with Crippen molar-refractivity contribution >= 4 is 0 Å². The highest BCUT2D eigenvalue weighted by Crippen LogP contribution is 2.80. The predicted molar refractivity (Wildman–Crippen MR) is 109 cm³/mol. The molecule has 5 saturated carbocycles. The van der Waals surface area contributed by atoms with Crippen LogP contribution in [0.3, 0.4) is 0 Å². The Bertz CT molecular complexity index is 783. The van der Waals surface area contributed by atoms with E-state index in [1.54, 1.807) is 14.2 Å². The van der Waals surface area contributed by atoms with Gasteiger partial charge in [0.25, 0.3) is 0 Å². The molecule has 0 amide bonds. The van der Waals surface area contributed by atoms with Gasteiger partial charge in [0, 0.05) is 55.8 Å². The number of hydrogen-bond acceptors (Lipinski definition) is 8. The molecule has 0 aromatic rings. The first-order valence-electron chi connectivity index (χ1n) is 11.9. The summed E-state index contributed by atoms with van der Waals surface area (Å²) in [5.41, 5.74) is -4.55. The minimum atomic E-state index is -1.68. The lowest BCUT2D eigenvalue weighted by Gasteiger charge is -2.69. The van der Waals surface area contributed by atoms with Crippen molar-refractivity contribution in [2.45, 2.75) is 74.3 Å². The molecule has 6 fully saturated rings. The number of nitrogens with zero attached hydrogens (tertiary/aromatic N) is 1. The van der Waals surface area contributed by atoms with Gasteiger partial charge < -0.3 is 35.0 Å². The summed E-state index contributed by atoms with van der Waals surface area (Å²) in [4.78, 5) is 2.18. The van der Waals surface area contributed by atoms with Crippen LogP contribution in [0.15, 0.2) is 0 Å². The molecule has 0 aromatic carbocycles. The van der Waals surface area contributed by atoms with Crippen LogP contribution in [-0.4, -0.2) is 106 Å². The lowest BCUT2D eigenvalue weighted by molar-refractivity contribution is -0.317. The fourth-order valence-electron chi connectivity index (χ4n) is 10.4. The minimum absolute atomic E-state index is 0.0478. The van der Waals surface area contributed by atoms with Crippen LogP contribution in [0.2, 0.25) is 0 Å². The molecule has 8 nitrogen and oxygen atoms in total. The number of likely N-dealkylation sites (N-methyl/N-ethyl adjacent to an activating group) is 1. The van der Waals surface area contributed by atoms with Crippen molar-refractivity contribution in [2.24, 2.45) is 34.5 Å². The van der Waals surface area contributed by atoms with Crippen molar-refractivity contribution in [3.8, 4) is 0 Å². The molecule has 1 aliphatic heterocycles. The zero-order chi connectivity index (χ0) is 22.1. The number of methoxy groups -OCH3 is 2. The molecule has 8 heteroatoms. The molecule has 1 saturated heterocycles. The van der Waals surface area contributed by atoms with Crippen molar-refractivity contribution in [3.63, 3.8) is 0 Å². The van der Waals surface area contributed by atoms with Crippen molar-refractivity contribution in [1.82, 2.24) is 4.90 Å². The van der Waals surface area contributed by atoms with E-state index in [1.807, 2.05) is 6.92 Å². The molecule has 6 aliphatic rings. The Morgan fingerprint density at radius 1 is 1.13 bits per heavy atom. The van der Waals surface area contributed by atoms with Crippen molar-refractivity contribution in [1.29, 1.82) is 0 Å². The SMILES string of the molecule is CCN1C[C@]2(CO)CC[C@H](O)[C@]34C1[C@@](O)([C@H](OC)[C@H]23)[C@@]1(O)C[C@H](OC)[C@@H]2C[C@@H]4[C@@H]1[C@H]2O. The first-order chi connectivity index (χ1) is 14.7. The fraction of sp³-hybridized carbons (Fsp3) is 1.00. The summed E-state index contributed by atoms with van der Waals surface area (Å²) >= 11 is 0. The Hall–Kier alpha value is -0.320. The summed E-state index contributed by atoms with van der Waals surface area (Å²) in [6, 6.07) is -0.497. The third-order valence-corrected chi connectivity index (χ3v) is 11.1. The molecule has 13 atom stereocenters. The highest BCUT2D eigenvalue weighted by atomic mass is 16.5. The van der Waals surface area contributed by atoms with Gasteiger partial charge in [-0.15, -0.1) is 0 Å². The van der Waals surface area contributed by atoms with E-state index in [2.05, 4.69) is 4.90 Å². The van der Waals surface area contributed by atoms with E-state index >= 15 is 0 Å². The number of aliphatic hydroxyl groups is 5. The molecular formula is C23H37NO7. The maximum Gasteiger partial charge on any atom is 0.136 e. The van der Waals surface area contributed by atoms with Crippen LogP contribution in [0.5, 0.6) is 0 Å². The second kappa shape index (κ2) is 6.21. The van der Waals surface area contributed by atoms with Crippen molar-refractivity contribution in [2.75, 3.05) is 33.9 Å². The maximum atomic E-state index is 12.7. The van der Waals surface area contributed by atoms with Crippen LogP contribution in [0.4, 0.5) is 0 Å². The van der Waals surface area contributed by atoms with Gasteiger partial charge >= 0.3 is 0 Å². The summed E-state index contributed by atoms with van der Waals surface area (Å²) in [7, 11) is 3.16. The lowest BCUT2D eigenvalue weighted by atomic mass is 9.42. The van der Waals surface area contributed by atoms with Crippen LogP contribution in [-0.2, 0) is 9.47 Å². The summed E-state index contributed by atoms with van der Waals surface area (Å²) in [5, 5.41) is 58.9. The lowest BCUT2D eigenvalue weighted by Crippen LogP contribution is -2.81. The van der Waals surface area contributed by atoms with E-state index in [1.165, 1.54) is 0 Å². The summed E-state index contributed by atoms with van der Waals surface area (Å²) in [6.07, 6.45) is -0.520. The zero-order valence-corrected chi connectivity index (χ0v) is 18.6. The number of piperidine rings is 1. The number of hydrogen-bond donors (Lipinski definition) is 5. The number of likely N-dealkylation sites (tertiary alicyclic amines) is 1. The predicted octanol–water partition coefficient (Wildman–Crippen LogP) is -1.04. The fourth-order valence-corrected chi connectivity index (χ4v) is 10.4. The minimum Gasteiger partial charge on any atom is -0.396 e. The molecule has 7 bridgehead atoms. The van der Waals surface area contributed by atoms with Crippen molar-refractivity contribution < 1.29 is 35.0 Å². The smallest absolute Gasteiger partial charge is 0.136 e. The maximum absolute atomic E-state index is 12.7. The monoisotopic (exact) mass is 439 g/mol. The topological polar surface area (TPSA) is 123 Å². The summed E-state index contributed by atoms with van der Waals surface area (Å²) in [5.74, 6) is -1.15. The normalized spacial score (nSPS) is 64.1. The van der Waals surface area contributed by atoms with E-state index in [4.69, 9.17) is 9.47 Å². The van der Waals surface area contributed by atoms with Gasteiger partial charge in [-0.3, -0.25) is 4.90 Å². The first kappa shape index (κ1) is 21.2. The Kier molecular flexibility index (Phi) is 4.26. The van der Waals surface area contributed by atoms with E-state index in [0.29, 0.717) is 32.4 Å². The molecule has 5 N–H and O–H groups in total. The van der Waals surface area contributed by atoms with Gasteiger partial charge in [0.15, 0.2) is 0 Å². The zero-order valence-electron chi connectivity index (χ0n) is 18.6. The van der Waals surface area contributed by atoms with Gasteiger partial charge in [-0.25, -0.2) is 0 Å². The molecular weight excluding hydrogens is 402 g/mol. The van der Waals surface area contributed by atoms with E-state index < -0.39 is 52.3 Å². The largest absolute Gasteiger partial charge is 0.396 e. The van der Waals surface area contributed by atoms with E-state index in [0.717, 1.165) is 0 Å². The molecule has 176 valence electrons. The second-order valence-corrected chi connectivity index (χ2v) is 11.4. The first-order valence-corrected chi connectivity index (χ1v) is 11.9. The van der Waals surface area contributed by atoms with Crippen LogP contribution < -0.4 is 0 Å². The number of ether oxygens (including phenoxy) is 2. The average molecular weight is 440 g/mol. The summed E-state index contributed by atoms with van der Waals surface area (Å²) in [6.45, 7) is 3.23. The van der Waals surface area contributed by atoms with Crippen LogP contribution >= 0.6 is 0 Å². The highest BCUT2D eigenvalue weighted by Gasteiger charge is 2.91. The van der Waals surface area contributed by atoms with Crippen molar-refractivity contribution in [3.05, 3.63) is 0 Å². The molecule has 0 radical (unpaired) electrons. The van der Waals surface area contributed by atoms with Gasteiger partial charge in [0.1, 0.15) is 11.2 Å². The quantitative estimate of drug-likeness (QED) is 0.377. The van der Waals surface area contributed by atoms with Gasteiger partial charge in [0.05, 0.1) is 37.1 Å². The van der Waals surface area contributed by atoms with Gasteiger partial charge in [-0.1, -0.05) is 6.92 Å². The number of aliphatic hydroxyl groups excluding tert-OH is 3. The van der Waals surface area contributed by atoms with E-state index in [9.17, 15) is 25.5 Å². The number of rotatable bonds is 4. The third kappa shape index (κ3) is 1.89. The Morgan fingerprint density at radius 3 is 2.48 bits per heavy atom. The molecule has 31 heavy (non-hydrogen) atoms. The van der Waals surface area contributed by atoms with Gasteiger partial charge in [0.2, 0.25) is 0 Å². The summed E-state index contributed by atoms with van der Waals surface area (Å²) < 4.78 is 11.8. The van der Waals surface area contributed by atoms with Gasteiger partial charge in [-0.2, -0.15) is 0 Å². The number of fused-ring (bicyclic) bond motifs is 2. The second-order valence-electron chi connectivity index (χ2n) is 11.4. The van der Waals surface area contributed by atoms with Crippen LogP contribution in [0.1, 0.15) is 32.6 Å². The third-order valence-electron chi connectivity index (χ3n) is 11.1. The average Bonchev–Trinajstić information content (AvgIpc) is 3.13. The molecule has 1 unspecified atom stereocenters. The highest BCUT2D eigenvalue weighted by molar-refractivity contribution is 5.41. The van der Waals surface area contributed by atoms with Crippen LogP contribution in [0, 0.1) is 34.5 Å². The Balaban J connectivity index is 1.68. The molecule has 5 aliphatic carbocycles. The van der Waals surface area contributed by atoms with E-state index in [-0.39, 0.29) is 36.9 Å². The molecule has 1 spiro atoms. The molecule has 0 aromatic heterocycles. The Morgan fingerprint density at radius 2 is 1.87 bits per heavy atom. The van der Waals surface area contributed by atoms with Crippen LogP contribution in [0.25, 0.3) is 0 Å². The molecule has 6 rings (SSSR count). The standard InChI is InChI=1S/C23H37NO7/c1-4-24-9-20(10-25)6-5-14(26)22-12-7-11-13(30-2)8-21(28,15(12)16(11)27)23(29,19(22)24)18(31-3)17(20)22/h11-19,25-29H,4-10H2,1-3H3/t11-,12+,13-,14-,15+,16-,17+,18+,19?,20-,21+,22-,23-/m0/s1. The Labute approximate surface area is 183 Å².